The van der Waals surface area contributed by atoms with Crippen LogP contribution in [0, 0.1) is 11.3 Å². The molecule has 21 heavy (non-hydrogen) atoms. The summed E-state index contributed by atoms with van der Waals surface area (Å²) >= 11 is 0. The number of rotatable bonds is 2. The zero-order valence-corrected chi connectivity index (χ0v) is 13.3. The van der Waals surface area contributed by atoms with Gasteiger partial charge in [0.05, 0.1) is 0 Å². The van der Waals surface area contributed by atoms with Crippen LogP contribution in [-0.2, 0) is 9.53 Å². The summed E-state index contributed by atoms with van der Waals surface area (Å²) in [6.45, 7) is 11.4. The highest BCUT2D eigenvalue weighted by molar-refractivity contribution is 5.82. The summed E-state index contributed by atoms with van der Waals surface area (Å²) in [5, 5.41) is 2.98. The predicted molar refractivity (Wildman–Crippen MR) is 80.8 cm³/mol. The number of ether oxygens (including phenoxy) is 1. The zero-order chi connectivity index (χ0) is 15.7. The van der Waals surface area contributed by atoms with Gasteiger partial charge in [-0.05, 0) is 40.0 Å². The van der Waals surface area contributed by atoms with Crippen LogP contribution in [0.15, 0.2) is 12.7 Å². The van der Waals surface area contributed by atoms with Crippen molar-refractivity contribution < 1.29 is 14.3 Å². The third kappa shape index (κ3) is 3.39. The van der Waals surface area contributed by atoms with Gasteiger partial charge < -0.3 is 15.0 Å². The first-order valence-electron chi connectivity index (χ1n) is 7.64. The highest BCUT2D eigenvalue weighted by atomic mass is 16.6. The van der Waals surface area contributed by atoms with Crippen LogP contribution in [0.3, 0.4) is 0 Å². The first-order chi connectivity index (χ1) is 9.77. The Bertz CT molecular complexity index is 431. The number of carbonyl (C=O) groups excluding carboxylic acids is 2. The van der Waals surface area contributed by atoms with E-state index in [0.29, 0.717) is 26.1 Å². The number of amides is 2. The van der Waals surface area contributed by atoms with Crippen LogP contribution in [-0.4, -0.2) is 42.1 Å². The summed E-state index contributed by atoms with van der Waals surface area (Å²) in [5.41, 5.74) is -0.494. The minimum atomic E-state index is -0.470. The molecule has 0 bridgehead atoms. The molecule has 0 aromatic carbocycles. The molecule has 1 spiro atoms. The molecule has 0 radical (unpaired) electrons. The van der Waals surface area contributed by atoms with E-state index in [4.69, 9.17) is 4.74 Å². The Morgan fingerprint density at radius 1 is 1.48 bits per heavy atom. The van der Waals surface area contributed by atoms with Crippen LogP contribution in [0.1, 0.15) is 40.0 Å². The molecule has 2 rings (SSSR count). The van der Waals surface area contributed by atoms with Gasteiger partial charge in [0.1, 0.15) is 5.60 Å². The lowest BCUT2D eigenvalue weighted by molar-refractivity contribution is -0.124. The molecule has 2 aliphatic heterocycles. The van der Waals surface area contributed by atoms with Gasteiger partial charge in [0.15, 0.2) is 0 Å². The lowest BCUT2D eigenvalue weighted by Crippen LogP contribution is -2.47. The Kier molecular flexibility index (Phi) is 4.30. The van der Waals surface area contributed by atoms with Gasteiger partial charge in [-0.2, -0.15) is 0 Å². The van der Waals surface area contributed by atoms with E-state index in [-0.39, 0.29) is 23.3 Å². The van der Waals surface area contributed by atoms with E-state index in [9.17, 15) is 9.59 Å². The van der Waals surface area contributed by atoms with Gasteiger partial charge in [-0.3, -0.25) is 4.79 Å². The van der Waals surface area contributed by atoms with Gasteiger partial charge in [-0.25, -0.2) is 4.79 Å². The lowest BCUT2D eigenvalue weighted by Gasteiger charge is -2.41. The monoisotopic (exact) mass is 294 g/mol. The Morgan fingerprint density at radius 2 is 2.10 bits per heavy atom. The Labute approximate surface area is 126 Å². The molecule has 5 nitrogen and oxygen atoms in total. The van der Waals surface area contributed by atoms with Crippen molar-refractivity contribution in [3.8, 4) is 0 Å². The average molecular weight is 294 g/mol. The molecule has 2 amide bonds. The molecule has 1 N–H and O–H groups in total. The van der Waals surface area contributed by atoms with Crippen molar-refractivity contribution in [1.82, 2.24) is 10.2 Å². The van der Waals surface area contributed by atoms with Crippen molar-refractivity contribution in [2.75, 3.05) is 19.6 Å². The maximum atomic E-state index is 12.1. The SMILES string of the molecule is C=CC[C@@H]1C(=O)NCC12CCN(C(=O)OC(C)(C)C)CC2. The second-order valence-corrected chi connectivity index (χ2v) is 7.12. The lowest BCUT2D eigenvalue weighted by atomic mass is 9.69. The maximum Gasteiger partial charge on any atom is 0.410 e. The van der Waals surface area contributed by atoms with Gasteiger partial charge >= 0.3 is 6.09 Å². The molecule has 0 unspecified atom stereocenters. The second kappa shape index (κ2) is 5.70. The maximum absolute atomic E-state index is 12.1. The highest BCUT2D eigenvalue weighted by Gasteiger charge is 2.49. The van der Waals surface area contributed by atoms with Crippen molar-refractivity contribution in [3.63, 3.8) is 0 Å². The third-order valence-electron chi connectivity index (χ3n) is 4.48. The summed E-state index contributed by atoms with van der Waals surface area (Å²) in [7, 11) is 0. The molecule has 2 fully saturated rings. The van der Waals surface area contributed by atoms with E-state index in [1.807, 2.05) is 26.8 Å². The van der Waals surface area contributed by atoms with E-state index < -0.39 is 5.60 Å². The minimum absolute atomic E-state index is 0.00390. The van der Waals surface area contributed by atoms with Crippen LogP contribution in [0.4, 0.5) is 4.79 Å². The molecule has 2 aliphatic rings. The van der Waals surface area contributed by atoms with E-state index in [1.54, 1.807) is 4.90 Å². The van der Waals surface area contributed by atoms with Crippen LogP contribution < -0.4 is 5.32 Å². The Hall–Kier alpha value is -1.52. The van der Waals surface area contributed by atoms with Crippen molar-refractivity contribution >= 4 is 12.0 Å². The van der Waals surface area contributed by atoms with Gasteiger partial charge in [0.25, 0.3) is 0 Å². The first kappa shape index (κ1) is 15.9. The molecule has 0 aromatic rings. The van der Waals surface area contributed by atoms with Crippen LogP contribution in [0.5, 0.6) is 0 Å². The fourth-order valence-corrected chi connectivity index (χ4v) is 3.30. The number of nitrogens with zero attached hydrogens (tertiary/aromatic N) is 1. The number of allylic oxidation sites excluding steroid dienone is 1. The largest absolute Gasteiger partial charge is 0.444 e. The average Bonchev–Trinajstić information content (AvgIpc) is 2.68. The zero-order valence-electron chi connectivity index (χ0n) is 13.3. The van der Waals surface area contributed by atoms with Gasteiger partial charge in [0, 0.05) is 31.0 Å². The van der Waals surface area contributed by atoms with Crippen molar-refractivity contribution in [2.45, 2.75) is 45.6 Å². The Balaban J connectivity index is 1.98. The van der Waals surface area contributed by atoms with E-state index in [1.165, 1.54) is 0 Å². The van der Waals surface area contributed by atoms with Gasteiger partial charge in [-0.1, -0.05) is 6.08 Å². The number of carbonyl (C=O) groups is 2. The van der Waals surface area contributed by atoms with Crippen molar-refractivity contribution in [2.24, 2.45) is 11.3 Å². The van der Waals surface area contributed by atoms with E-state index in [0.717, 1.165) is 12.8 Å². The van der Waals surface area contributed by atoms with Crippen LogP contribution in [0.25, 0.3) is 0 Å². The third-order valence-corrected chi connectivity index (χ3v) is 4.48. The number of hydrogen-bond acceptors (Lipinski definition) is 3. The topological polar surface area (TPSA) is 58.6 Å². The minimum Gasteiger partial charge on any atom is -0.444 e. The number of piperidine rings is 1. The highest BCUT2D eigenvalue weighted by Crippen LogP contribution is 2.43. The van der Waals surface area contributed by atoms with Crippen molar-refractivity contribution in [3.05, 3.63) is 12.7 Å². The van der Waals surface area contributed by atoms with Gasteiger partial charge in [0.2, 0.25) is 5.91 Å². The molecule has 2 saturated heterocycles. The quantitative estimate of drug-likeness (QED) is 0.795. The molecular formula is C16H26N2O3. The molecule has 0 aromatic heterocycles. The normalized spacial score (nSPS) is 24.8. The number of hydrogen-bond donors (Lipinski definition) is 1. The summed E-state index contributed by atoms with van der Waals surface area (Å²) < 4.78 is 5.41. The van der Waals surface area contributed by atoms with Crippen LogP contribution >= 0.6 is 0 Å². The summed E-state index contributed by atoms with van der Waals surface area (Å²) in [6, 6.07) is 0. The van der Waals surface area contributed by atoms with Crippen molar-refractivity contribution in [1.29, 1.82) is 0 Å². The number of nitrogens with one attached hydrogen (secondary N) is 1. The fourth-order valence-electron chi connectivity index (χ4n) is 3.30. The molecule has 1 atom stereocenters. The smallest absolute Gasteiger partial charge is 0.410 e. The Morgan fingerprint density at radius 3 is 2.62 bits per heavy atom. The van der Waals surface area contributed by atoms with E-state index >= 15 is 0 Å². The molecular weight excluding hydrogens is 268 g/mol. The molecule has 0 saturated carbocycles. The summed E-state index contributed by atoms with van der Waals surface area (Å²) in [5.74, 6) is 0.122. The second-order valence-electron chi connectivity index (χ2n) is 7.12. The molecule has 5 heteroatoms. The molecule has 0 aliphatic carbocycles. The molecule has 118 valence electrons. The van der Waals surface area contributed by atoms with Gasteiger partial charge in [-0.15, -0.1) is 6.58 Å². The standard InChI is InChI=1S/C16H26N2O3/c1-5-6-12-13(19)17-11-16(12)7-9-18(10-8-16)14(20)21-15(2,3)4/h5,12H,1,6-11H2,2-4H3,(H,17,19)/t12-/m1/s1. The first-order valence-corrected chi connectivity index (χ1v) is 7.64. The van der Waals surface area contributed by atoms with E-state index in [2.05, 4.69) is 11.9 Å². The summed E-state index contributed by atoms with van der Waals surface area (Å²) in [6.07, 6.45) is 3.94. The predicted octanol–water partition coefficient (Wildman–Crippen LogP) is 2.33. The fraction of sp³-hybridized carbons (Fsp3) is 0.750. The number of likely N-dealkylation sites (tertiary alicyclic amines) is 1. The molecule has 2 heterocycles. The summed E-state index contributed by atoms with van der Waals surface area (Å²) in [4.78, 5) is 25.8. The van der Waals surface area contributed by atoms with Crippen LogP contribution in [0.2, 0.25) is 0 Å².